The van der Waals surface area contributed by atoms with Crippen LogP contribution in [0.3, 0.4) is 0 Å². The van der Waals surface area contributed by atoms with E-state index in [1.807, 2.05) is 57.2 Å². The third-order valence-electron chi connectivity index (χ3n) is 6.71. The SMILES string of the molecule is COc1ccc2c(c1)[C@H]1NC(=S)N(c3ccc(F)cc3)[C@@](C)(O2)[C@H]1C(=O)Nc1ccc(C)cc1C. The first kappa shape index (κ1) is 23.1. The van der Waals surface area contributed by atoms with Crippen LogP contribution in [0.4, 0.5) is 15.8 Å². The summed E-state index contributed by atoms with van der Waals surface area (Å²) >= 11 is 5.74. The second-order valence-electron chi connectivity index (χ2n) is 9.08. The predicted octanol–water partition coefficient (Wildman–Crippen LogP) is 5.25. The Bertz CT molecular complexity index is 1330. The van der Waals surface area contributed by atoms with Crippen LogP contribution in [0, 0.1) is 25.6 Å². The number of rotatable bonds is 4. The van der Waals surface area contributed by atoms with E-state index in [1.54, 1.807) is 24.1 Å². The van der Waals surface area contributed by atoms with E-state index in [0.29, 0.717) is 22.3 Å². The fourth-order valence-corrected chi connectivity index (χ4v) is 5.45. The van der Waals surface area contributed by atoms with Crippen LogP contribution in [0.5, 0.6) is 11.5 Å². The Morgan fingerprint density at radius 2 is 1.89 bits per heavy atom. The lowest BCUT2D eigenvalue weighted by Gasteiger charge is -2.56. The van der Waals surface area contributed by atoms with E-state index in [4.69, 9.17) is 21.7 Å². The summed E-state index contributed by atoms with van der Waals surface area (Å²) in [7, 11) is 1.59. The standard InChI is InChI=1S/C27H26FN3O3S/c1-15-5-11-21(16(2)13-15)29-25(32)23-24-20-14-19(33-4)10-12-22(20)34-27(23,3)31(26(35)30-24)18-8-6-17(28)7-9-18/h5-14,23-24H,1-4H3,(H,29,32)(H,30,35)/t23-,24-,27+/m1/s1. The highest BCUT2D eigenvalue weighted by Gasteiger charge is 2.59. The predicted molar refractivity (Wildman–Crippen MR) is 137 cm³/mol. The van der Waals surface area contributed by atoms with Gasteiger partial charge < -0.3 is 20.1 Å². The zero-order valence-corrected chi connectivity index (χ0v) is 20.7. The average molecular weight is 492 g/mol. The fraction of sp³-hybridized carbons (Fsp3) is 0.259. The first-order valence-corrected chi connectivity index (χ1v) is 11.7. The van der Waals surface area contributed by atoms with Gasteiger partial charge in [-0.05, 0) is 87.1 Å². The summed E-state index contributed by atoms with van der Waals surface area (Å²) in [6.07, 6.45) is 0. The Morgan fingerprint density at radius 3 is 2.57 bits per heavy atom. The number of nitrogens with one attached hydrogen (secondary N) is 2. The van der Waals surface area contributed by atoms with Gasteiger partial charge in [0.2, 0.25) is 5.91 Å². The van der Waals surface area contributed by atoms with Gasteiger partial charge in [-0.15, -0.1) is 0 Å². The molecule has 1 fully saturated rings. The zero-order chi connectivity index (χ0) is 24.9. The first-order valence-electron chi connectivity index (χ1n) is 11.3. The zero-order valence-electron chi connectivity index (χ0n) is 19.9. The molecule has 3 aromatic carbocycles. The molecule has 2 bridgehead atoms. The monoisotopic (exact) mass is 491 g/mol. The van der Waals surface area contributed by atoms with Crippen molar-refractivity contribution in [3.8, 4) is 11.5 Å². The summed E-state index contributed by atoms with van der Waals surface area (Å²) in [6.45, 7) is 5.81. The Kier molecular flexibility index (Phi) is 5.63. The van der Waals surface area contributed by atoms with Crippen LogP contribution in [-0.4, -0.2) is 23.9 Å². The Balaban J connectivity index is 1.63. The van der Waals surface area contributed by atoms with Crippen molar-refractivity contribution in [2.45, 2.75) is 32.5 Å². The van der Waals surface area contributed by atoms with E-state index in [1.165, 1.54) is 12.1 Å². The van der Waals surface area contributed by atoms with Crippen molar-refractivity contribution in [1.29, 1.82) is 0 Å². The lowest BCUT2D eigenvalue weighted by atomic mass is 9.78. The van der Waals surface area contributed by atoms with Crippen molar-refractivity contribution >= 4 is 34.6 Å². The Morgan fingerprint density at radius 1 is 1.14 bits per heavy atom. The van der Waals surface area contributed by atoms with Crippen LogP contribution >= 0.6 is 12.2 Å². The number of carbonyl (C=O) groups is 1. The van der Waals surface area contributed by atoms with Crippen molar-refractivity contribution in [3.63, 3.8) is 0 Å². The molecule has 2 aliphatic rings. The van der Waals surface area contributed by atoms with E-state index in [-0.39, 0.29) is 11.7 Å². The maximum absolute atomic E-state index is 13.9. The van der Waals surface area contributed by atoms with Gasteiger partial charge >= 0.3 is 0 Å². The highest BCUT2D eigenvalue weighted by molar-refractivity contribution is 7.80. The van der Waals surface area contributed by atoms with Gasteiger partial charge in [-0.3, -0.25) is 9.69 Å². The van der Waals surface area contributed by atoms with Crippen molar-refractivity contribution in [2.75, 3.05) is 17.3 Å². The molecule has 2 heterocycles. The number of nitrogens with zero attached hydrogens (tertiary/aromatic N) is 1. The Labute approximate surface area is 209 Å². The van der Waals surface area contributed by atoms with Crippen LogP contribution < -0.4 is 25.0 Å². The number of ether oxygens (including phenoxy) is 2. The molecule has 1 saturated heterocycles. The molecule has 35 heavy (non-hydrogen) atoms. The minimum Gasteiger partial charge on any atom is -0.497 e. The summed E-state index contributed by atoms with van der Waals surface area (Å²) in [5.74, 6) is -0.0208. The number of benzene rings is 3. The van der Waals surface area contributed by atoms with Gasteiger partial charge in [0.15, 0.2) is 10.8 Å². The smallest absolute Gasteiger partial charge is 0.236 e. The third kappa shape index (κ3) is 3.87. The van der Waals surface area contributed by atoms with Gasteiger partial charge in [-0.25, -0.2) is 4.39 Å². The molecule has 3 aromatic rings. The van der Waals surface area contributed by atoms with Crippen LogP contribution in [0.15, 0.2) is 60.7 Å². The van der Waals surface area contributed by atoms with Gasteiger partial charge in [-0.1, -0.05) is 17.7 Å². The fourth-order valence-electron chi connectivity index (χ4n) is 5.03. The normalized spacial score (nSPS) is 22.5. The summed E-state index contributed by atoms with van der Waals surface area (Å²) in [6, 6.07) is 16.9. The molecule has 8 heteroatoms. The highest BCUT2D eigenvalue weighted by Crippen LogP contribution is 2.50. The molecule has 2 aliphatic heterocycles. The number of amides is 1. The summed E-state index contributed by atoms with van der Waals surface area (Å²) < 4.78 is 25.7. The minimum absolute atomic E-state index is 0.222. The molecule has 2 N–H and O–H groups in total. The molecule has 0 saturated carbocycles. The highest BCUT2D eigenvalue weighted by atomic mass is 32.1. The lowest BCUT2D eigenvalue weighted by molar-refractivity contribution is -0.130. The largest absolute Gasteiger partial charge is 0.497 e. The molecular weight excluding hydrogens is 465 g/mol. The van der Waals surface area contributed by atoms with E-state index >= 15 is 0 Å². The van der Waals surface area contributed by atoms with Crippen molar-refractivity contribution in [2.24, 2.45) is 5.92 Å². The molecule has 0 aliphatic carbocycles. The minimum atomic E-state index is -1.19. The number of hydrogen-bond acceptors (Lipinski definition) is 4. The summed E-state index contributed by atoms with van der Waals surface area (Å²) in [5, 5.41) is 6.83. The first-order chi connectivity index (χ1) is 16.7. The molecule has 0 aromatic heterocycles. The van der Waals surface area contributed by atoms with Gasteiger partial charge in [0.1, 0.15) is 23.2 Å². The van der Waals surface area contributed by atoms with E-state index in [2.05, 4.69) is 10.6 Å². The van der Waals surface area contributed by atoms with Crippen LogP contribution in [0.25, 0.3) is 0 Å². The number of carbonyl (C=O) groups excluding carboxylic acids is 1. The number of methoxy groups -OCH3 is 1. The van der Waals surface area contributed by atoms with Crippen LogP contribution in [-0.2, 0) is 4.79 Å². The quantitative estimate of drug-likeness (QED) is 0.486. The van der Waals surface area contributed by atoms with Gasteiger partial charge in [0.25, 0.3) is 0 Å². The number of anilines is 2. The molecule has 6 nitrogen and oxygen atoms in total. The van der Waals surface area contributed by atoms with Crippen molar-refractivity contribution in [1.82, 2.24) is 5.32 Å². The van der Waals surface area contributed by atoms with Crippen LogP contribution in [0.1, 0.15) is 29.7 Å². The van der Waals surface area contributed by atoms with Gasteiger partial charge in [0, 0.05) is 16.9 Å². The lowest BCUT2D eigenvalue weighted by Crippen LogP contribution is -2.72. The molecule has 5 rings (SSSR count). The second-order valence-corrected chi connectivity index (χ2v) is 9.47. The van der Waals surface area contributed by atoms with Crippen molar-refractivity contribution in [3.05, 3.63) is 83.2 Å². The molecule has 0 spiro atoms. The van der Waals surface area contributed by atoms with E-state index < -0.39 is 17.7 Å². The third-order valence-corrected chi connectivity index (χ3v) is 7.01. The van der Waals surface area contributed by atoms with E-state index in [0.717, 1.165) is 22.4 Å². The van der Waals surface area contributed by atoms with Crippen molar-refractivity contribution < 1.29 is 18.7 Å². The number of halogens is 1. The summed E-state index contributed by atoms with van der Waals surface area (Å²) in [5.41, 5.74) is 3.02. The second kappa shape index (κ2) is 8.53. The van der Waals surface area contributed by atoms with Crippen LogP contribution in [0.2, 0.25) is 0 Å². The molecular formula is C27H26FN3O3S. The molecule has 180 valence electrons. The number of thiocarbonyl (C=S) groups is 1. The average Bonchev–Trinajstić information content (AvgIpc) is 2.81. The topological polar surface area (TPSA) is 62.8 Å². The van der Waals surface area contributed by atoms with E-state index in [9.17, 15) is 9.18 Å². The Hall–Kier alpha value is -3.65. The number of aryl methyl sites for hydroxylation is 2. The maximum atomic E-state index is 13.9. The number of fused-ring (bicyclic) bond motifs is 4. The molecule has 0 radical (unpaired) electrons. The number of hydrogen-bond donors (Lipinski definition) is 2. The molecule has 3 atom stereocenters. The van der Waals surface area contributed by atoms with Gasteiger partial charge in [-0.2, -0.15) is 0 Å². The maximum Gasteiger partial charge on any atom is 0.236 e. The molecule has 1 amide bonds. The molecule has 0 unspecified atom stereocenters. The summed E-state index contributed by atoms with van der Waals surface area (Å²) in [4.78, 5) is 15.7. The van der Waals surface area contributed by atoms with Gasteiger partial charge in [0.05, 0.1) is 13.2 Å².